The first-order chi connectivity index (χ1) is 13.5. The van der Waals surface area contributed by atoms with E-state index in [1.165, 1.54) is 6.07 Å². The molecule has 3 rings (SSSR count). The zero-order valence-corrected chi connectivity index (χ0v) is 17.6. The Morgan fingerprint density at radius 1 is 1.25 bits per heavy atom. The van der Waals surface area contributed by atoms with Gasteiger partial charge in [0, 0.05) is 43.7 Å². The number of hydrogen-bond acceptors (Lipinski definition) is 4. The highest BCUT2D eigenvalue weighted by atomic mass is 32.1. The zero-order chi connectivity index (χ0) is 19.9. The number of likely N-dealkylation sites (tertiary alicyclic amines) is 1. The summed E-state index contributed by atoms with van der Waals surface area (Å²) in [4.78, 5) is 19.4. The highest BCUT2D eigenvalue weighted by Gasteiger charge is 2.25. The fourth-order valence-corrected chi connectivity index (χ4v) is 4.42. The van der Waals surface area contributed by atoms with Crippen LogP contribution in [0.5, 0.6) is 0 Å². The molecule has 6 heteroatoms. The van der Waals surface area contributed by atoms with E-state index in [1.807, 2.05) is 48.0 Å². The third-order valence-corrected chi connectivity index (χ3v) is 5.99. The van der Waals surface area contributed by atoms with Crippen LogP contribution in [0.1, 0.15) is 28.8 Å². The lowest BCUT2D eigenvalue weighted by atomic mass is 9.96. The highest BCUT2D eigenvalue weighted by molar-refractivity contribution is 7.08. The van der Waals surface area contributed by atoms with Crippen molar-refractivity contribution in [3.05, 3.63) is 58.0 Å². The molecule has 0 saturated carbocycles. The van der Waals surface area contributed by atoms with Gasteiger partial charge in [0.15, 0.2) is 0 Å². The van der Waals surface area contributed by atoms with Crippen LogP contribution >= 0.6 is 11.3 Å². The first-order valence-electron chi connectivity index (χ1n) is 9.95. The van der Waals surface area contributed by atoms with Crippen molar-refractivity contribution in [2.75, 3.05) is 46.8 Å². The number of amides is 1. The summed E-state index contributed by atoms with van der Waals surface area (Å²) in [5.41, 5.74) is 1.53. The minimum Gasteiger partial charge on any atom is -0.337 e. The van der Waals surface area contributed by atoms with Crippen LogP contribution in [0.15, 0.2) is 41.1 Å². The Labute approximate surface area is 171 Å². The average Bonchev–Trinajstić information content (AvgIpc) is 3.21. The molecule has 1 fully saturated rings. The van der Waals surface area contributed by atoms with Crippen LogP contribution in [0.2, 0.25) is 0 Å². The fourth-order valence-electron chi connectivity index (χ4n) is 3.79. The lowest BCUT2D eigenvalue weighted by Gasteiger charge is -2.36. The number of halogens is 1. The molecule has 1 aromatic carbocycles. The highest BCUT2D eigenvalue weighted by Crippen LogP contribution is 2.22. The van der Waals surface area contributed by atoms with E-state index in [2.05, 4.69) is 9.80 Å². The van der Waals surface area contributed by atoms with Gasteiger partial charge in [-0.3, -0.25) is 9.69 Å². The number of carbonyl (C=O) groups is 1. The van der Waals surface area contributed by atoms with Crippen molar-refractivity contribution in [2.24, 2.45) is 5.92 Å². The van der Waals surface area contributed by atoms with E-state index < -0.39 is 0 Å². The maximum atomic E-state index is 14.0. The number of carbonyl (C=O) groups excluding carboxylic acids is 1. The second kappa shape index (κ2) is 10.1. The van der Waals surface area contributed by atoms with Gasteiger partial charge in [-0.05, 0) is 56.9 Å². The number of thiophene rings is 1. The van der Waals surface area contributed by atoms with E-state index in [1.54, 1.807) is 17.4 Å². The second-order valence-electron chi connectivity index (χ2n) is 7.90. The summed E-state index contributed by atoms with van der Waals surface area (Å²) in [5, 5.41) is 3.88. The molecule has 1 aromatic heterocycles. The lowest BCUT2D eigenvalue weighted by molar-refractivity contribution is 0.0660. The van der Waals surface area contributed by atoms with Gasteiger partial charge in [0.1, 0.15) is 5.82 Å². The van der Waals surface area contributed by atoms with Gasteiger partial charge < -0.3 is 9.80 Å². The van der Waals surface area contributed by atoms with Gasteiger partial charge in [-0.1, -0.05) is 18.2 Å². The van der Waals surface area contributed by atoms with Crippen LogP contribution in [0.3, 0.4) is 0 Å². The third-order valence-electron chi connectivity index (χ3n) is 5.31. The molecule has 1 aliphatic rings. The molecule has 28 heavy (non-hydrogen) atoms. The van der Waals surface area contributed by atoms with Crippen molar-refractivity contribution < 1.29 is 9.18 Å². The van der Waals surface area contributed by atoms with Gasteiger partial charge >= 0.3 is 0 Å². The summed E-state index contributed by atoms with van der Waals surface area (Å²) in [6.45, 7) is 4.87. The molecule has 0 aliphatic carbocycles. The van der Waals surface area contributed by atoms with Gasteiger partial charge in [0.2, 0.25) is 0 Å². The van der Waals surface area contributed by atoms with Gasteiger partial charge in [-0.25, -0.2) is 4.39 Å². The first kappa shape index (κ1) is 21.0. The van der Waals surface area contributed by atoms with Crippen LogP contribution in [0.25, 0.3) is 0 Å². The minimum atomic E-state index is -0.134. The minimum absolute atomic E-state index is 0.120. The van der Waals surface area contributed by atoms with E-state index in [-0.39, 0.29) is 11.7 Å². The molecule has 1 atom stereocenters. The van der Waals surface area contributed by atoms with Crippen molar-refractivity contribution in [1.82, 2.24) is 14.7 Å². The van der Waals surface area contributed by atoms with Gasteiger partial charge in [-0.2, -0.15) is 11.3 Å². The maximum absolute atomic E-state index is 14.0. The number of rotatable bonds is 8. The van der Waals surface area contributed by atoms with Crippen LogP contribution in [0, 0.1) is 11.7 Å². The van der Waals surface area contributed by atoms with Crippen molar-refractivity contribution in [3.63, 3.8) is 0 Å². The summed E-state index contributed by atoms with van der Waals surface area (Å²) in [6, 6.07) is 8.92. The number of benzene rings is 1. The third kappa shape index (κ3) is 5.87. The Kier molecular flexibility index (Phi) is 7.59. The zero-order valence-electron chi connectivity index (χ0n) is 16.8. The van der Waals surface area contributed by atoms with Crippen LogP contribution in [-0.4, -0.2) is 67.4 Å². The van der Waals surface area contributed by atoms with E-state index in [9.17, 15) is 9.18 Å². The summed E-state index contributed by atoms with van der Waals surface area (Å²) in [6.07, 6.45) is 2.20. The van der Waals surface area contributed by atoms with Crippen molar-refractivity contribution in [3.8, 4) is 0 Å². The predicted octanol–water partition coefficient (Wildman–Crippen LogP) is 3.80. The van der Waals surface area contributed by atoms with Crippen molar-refractivity contribution in [1.29, 1.82) is 0 Å². The van der Waals surface area contributed by atoms with E-state index in [0.29, 0.717) is 12.5 Å². The number of hydrogen-bond donors (Lipinski definition) is 0. The molecule has 0 bridgehead atoms. The van der Waals surface area contributed by atoms with Crippen molar-refractivity contribution in [2.45, 2.75) is 19.4 Å². The molecular weight excluding hydrogens is 373 g/mol. The van der Waals surface area contributed by atoms with E-state index in [0.717, 1.165) is 56.7 Å². The molecule has 1 saturated heterocycles. The summed E-state index contributed by atoms with van der Waals surface area (Å²) < 4.78 is 14.0. The smallest absolute Gasteiger partial charge is 0.254 e. The molecule has 152 valence electrons. The molecular formula is C22H30FN3OS. The number of likely N-dealkylation sites (N-methyl/N-ethyl adjacent to an activating group) is 1. The molecule has 0 radical (unpaired) electrons. The predicted molar refractivity (Wildman–Crippen MR) is 113 cm³/mol. The first-order valence-corrected chi connectivity index (χ1v) is 10.9. The van der Waals surface area contributed by atoms with Crippen LogP contribution < -0.4 is 0 Å². The molecule has 0 unspecified atom stereocenters. The van der Waals surface area contributed by atoms with Gasteiger partial charge in [-0.15, -0.1) is 0 Å². The summed E-state index contributed by atoms with van der Waals surface area (Å²) in [5.74, 6) is 0.407. The second-order valence-corrected chi connectivity index (χ2v) is 8.68. The SMILES string of the molecule is CN(C)CCN(C[C@H]1CCCN(Cc2ccccc2F)C1)C(=O)c1ccsc1. The Hall–Kier alpha value is -1.76. The molecule has 1 amide bonds. The molecule has 4 nitrogen and oxygen atoms in total. The van der Waals surface area contributed by atoms with Gasteiger partial charge in [0.05, 0.1) is 5.56 Å². The number of nitrogens with zero attached hydrogens (tertiary/aromatic N) is 3. The summed E-state index contributed by atoms with van der Waals surface area (Å²) >= 11 is 1.56. The molecule has 0 N–H and O–H groups in total. The molecule has 1 aliphatic heterocycles. The summed E-state index contributed by atoms with van der Waals surface area (Å²) in [7, 11) is 4.06. The Balaban J connectivity index is 1.62. The normalized spacial score (nSPS) is 17.8. The van der Waals surface area contributed by atoms with Crippen molar-refractivity contribution >= 4 is 17.2 Å². The Morgan fingerprint density at radius 3 is 2.79 bits per heavy atom. The van der Waals surface area contributed by atoms with Crippen LogP contribution in [0.4, 0.5) is 4.39 Å². The van der Waals surface area contributed by atoms with E-state index >= 15 is 0 Å². The van der Waals surface area contributed by atoms with Gasteiger partial charge in [0.25, 0.3) is 5.91 Å². The Bertz CT molecular complexity index is 750. The quantitative estimate of drug-likeness (QED) is 0.671. The molecule has 0 spiro atoms. The maximum Gasteiger partial charge on any atom is 0.254 e. The average molecular weight is 404 g/mol. The standard InChI is InChI=1S/C22H30FN3OS/c1-24(2)11-12-26(22(27)20-9-13-28-17-20)15-18-6-5-10-25(14-18)16-19-7-3-4-8-21(19)23/h3-4,7-9,13,17-18H,5-6,10-12,14-16H2,1-2H3/t18-/m0/s1. The molecule has 2 heterocycles. The Morgan fingerprint density at radius 2 is 2.07 bits per heavy atom. The largest absolute Gasteiger partial charge is 0.337 e. The molecule has 2 aromatic rings. The monoisotopic (exact) mass is 403 g/mol. The fraction of sp³-hybridized carbons (Fsp3) is 0.500. The number of piperidine rings is 1. The lowest BCUT2D eigenvalue weighted by Crippen LogP contribution is -2.44. The van der Waals surface area contributed by atoms with E-state index in [4.69, 9.17) is 0 Å². The topological polar surface area (TPSA) is 26.8 Å². The van der Waals surface area contributed by atoms with Crippen LogP contribution in [-0.2, 0) is 6.54 Å².